The van der Waals surface area contributed by atoms with E-state index in [1.165, 1.54) is 27.8 Å². The molecule has 1 fully saturated rings. The van der Waals surface area contributed by atoms with Crippen LogP contribution in [0.1, 0.15) is 23.2 Å². The quantitative estimate of drug-likeness (QED) is 0.816. The van der Waals surface area contributed by atoms with E-state index >= 15 is 0 Å². The van der Waals surface area contributed by atoms with Crippen molar-refractivity contribution in [2.75, 3.05) is 11.9 Å². The molecule has 0 spiro atoms. The van der Waals surface area contributed by atoms with Crippen LogP contribution in [0.4, 0.5) is 5.00 Å². The van der Waals surface area contributed by atoms with Gasteiger partial charge < -0.3 is 11.1 Å². The zero-order valence-electron chi connectivity index (χ0n) is 12.5. The van der Waals surface area contributed by atoms with Crippen molar-refractivity contribution in [2.24, 2.45) is 5.73 Å². The average molecular weight is 385 g/mol. The predicted octanol–water partition coefficient (Wildman–Crippen LogP) is 1.70. The maximum atomic E-state index is 12.7. The molecule has 128 valence electrons. The maximum Gasteiger partial charge on any atom is 0.253 e. The Bertz CT molecular complexity index is 858. The second-order valence-corrected chi connectivity index (χ2v) is 9.20. The lowest BCUT2D eigenvalue weighted by Crippen LogP contribution is -2.42. The van der Waals surface area contributed by atoms with Crippen LogP contribution in [0.3, 0.4) is 0 Å². The molecule has 0 aromatic carbocycles. The SMILES string of the molecule is NC(=O)c1ccsc1NC(=O)[C@H]1CCCN1S(=O)(=O)c1cccs1. The number of hydrogen-bond acceptors (Lipinski definition) is 6. The highest BCUT2D eigenvalue weighted by Gasteiger charge is 2.40. The highest BCUT2D eigenvalue weighted by Crippen LogP contribution is 2.30. The third-order valence-electron chi connectivity index (χ3n) is 3.73. The average Bonchev–Trinajstić information content (AvgIpc) is 3.27. The van der Waals surface area contributed by atoms with E-state index in [-0.39, 0.29) is 9.77 Å². The third kappa shape index (κ3) is 3.09. The summed E-state index contributed by atoms with van der Waals surface area (Å²) in [7, 11) is -3.69. The molecule has 3 N–H and O–H groups in total. The second-order valence-electron chi connectivity index (χ2n) is 5.22. The number of sulfonamides is 1. The zero-order chi connectivity index (χ0) is 17.3. The van der Waals surface area contributed by atoms with E-state index in [2.05, 4.69) is 5.32 Å². The van der Waals surface area contributed by atoms with Gasteiger partial charge in [-0.3, -0.25) is 9.59 Å². The molecule has 7 nitrogen and oxygen atoms in total. The first-order chi connectivity index (χ1) is 11.4. The maximum absolute atomic E-state index is 12.7. The van der Waals surface area contributed by atoms with Crippen LogP contribution in [0.15, 0.2) is 33.2 Å². The molecule has 10 heteroatoms. The van der Waals surface area contributed by atoms with Gasteiger partial charge in [-0.1, -0.05) is 6.07 Å². The minimum atomic E-state index is -3.69. The summed E-state index contributed by atoms with van der Waals surface area (Å²) in [6.45, 7) is 0.297. The lowest BCUT2D eigenvalue weighted by molar-refractivity contribution is -0.119. The molecule has 3 rings (SSSR count). The summed E-state index contributed by atoms with van der Waals surface area (Å²) in [6.07, 6.45) is 1.05. The van der Waals surface area contributed by atoms with Crippen molar-refractivity contribution >= 4 is 49.5 Å². The van der Waals surface area contributed by atoms with E-state index in [9.17, 15) is 18.0 Å². The zero-order valence-corrected chi connectivity index (χ0v) is 14.9. The van der Waals surface area contributed by atoms with Crippen LogP contribution in [-0.4, -0.2) is 37.1 Å². The van der Waals surface area contributed by atoms with Crippen molar-refractivity contribution in [1.29, 1.82) is 0 Å². The lowest BCUT2D eigenvalue weighted by atomic mass is 10.2. The Kier molecular flexibility index (Phi) is 4.72. The van der Waals surface area contributed by atoms with Gasteiger partial charge in [0.15, 0.2) is 0 Å². The highest BCUT2D eigenvalue weighted by atomic mass is 32.2. The molecule has 2 amide bonds. The summed E-state index contributed by atoms with van der Waals surface area (Å²) >= 11 is 2.29. The number of nitrogens with two attached hydrogens (primary N) is 1. The van der Waals surface area contributed by atoms with E-state index in [0.29, 0.717) is 24.4 Å². The second kappa shape index (κ2) is 6.63. The molecular weight excluding hydrogens is 370 g/mol. The Balaban J connectivity index is 1.82. The number of anilines is 1. The Hall–Kier alpha value is -1.75. The van der Waals surface area contributed by atoms with Crippen LogP contribution in [0.2, 0.25) is 0 Å². The number of nitrogens with one attached hydrogen (secondary N) is 1. The van der Waals surface area contributed by atoms with Gasteiger partial charge in [-0.2, -0.15) is 4.31 Å². The fourth-order valence-corrected chi connectivity index (χ4v) is 6.18. The standard InChI is InChI=1S/C14H15N3O4S3/c15-12(18)9-5-8-23-14(9)16-13(19)10-3-1-6-17(10)24(20,21)11-4-2-7-22-11/h2,4-5,7-8,10H,1,3,6H2,(H2,15,18)(H,16,19)/t10-/m1/s1. The van der Waals surface area contributed by atoms with Crippen molar-refractivity contribution in [2.45, 2.75) is 23.1 Å². The van der Waals surface area contributed by atoms with E-state index in [4.69, 9.17) is 5.73 Å². The van der Waals surface area contributed by atoms with Crippen LogP contribution >= 0.6 is 22.7 Å². The summed E-state index contributed by atoms with van der Waals surface area (Å²) in [4.78, 5) is 23.9. The largest absolute Gasteiger partial charge is 0.366 e. The number of primary amides is 1. The van der Waals surface area contributed by atoms with Gasteiger partial charge in [0, 0.05) is 6.54 Å². The number of nitrogens with zero attached hydrogens (tertiary/aromatic N) is 1. The molecule has 3 heterocycles. The first kappa shape index (κ1) is 17.1. The monoisotopic (exact) mass is 385 g/mol. The first-order valence-corrected chi connectivity index (χ1v) is 10.3. The van der Waals surface area contributed by atoms with Gasteiger partial charge in [0.2, 0.25) is 5.91 Å². The summed E-state index contributed by atoms with van der Waals surface area (Å²) < 4.78 is 26.8. The van der Waals surface area contributed by atoms with Gasteiger partial charge >= 0.3 is 0 Å². The van der Waals surface area contributed by atoms with Crippen molar-refractivity contribution in [3.63, 3.8) is 0 Å². The molecule has 0 saturated carbocycles. The molecular formula is C14H15N3O4S3. The van der Waals surface area contributed by atoms with Crippen molar-refractivity contribution in [1.82, 2.24) is 4.31 Å². The molecule has 24 heavy (non-hydrogen) atoms. The predicted molar refractivity (Wildman–Crippen MR) is 92.7 cm³/mol. The molecule has 0 bridgehead atoms. The molecule has 2 aromatic rings. The van der Waals surface area contributed by atoms with Gasteiger partial charge in [0.25, 0.3) is 15.9 Å². The van der Waals surface area contributed by atoms with Gasteiger partial charge in [-0.15, -0.1) is 22.7 Å². The number of hydrogen-bond donors (Lipinski definition) is 2. The van der Waals surface area contributed by atoms with Gasteiger partial charge in [-0.05, 0) is 35.7 Å². The summed E-state index contributed by atoms with van der Waals surface area (Å²) in [6, 6.07) is 3.92. The number of carbonyl (C=O) groups is 2. The minimum Gasteiger partial charge on any atom is -0.366 e. The summed E-state index contributed by atoms with van der Waals surface area (Å²) in [5.74, 6) is -1.08. The first-order valence-electron chi connectivity index (χ1n) is 7.15. The Labute approximate surface area is 147 Å². The molecule has 1 aliphatic rings. The fraction of sp³-hybridized carbons (Fsp3) is 0.286. The molecule has 1 aliphatic heterocycles. The van der Waals surface area contributed by atoms with E-state index < -0.39 is 27.9 Å². The Morgan fingerprint density at radius 3 is 2.71 bits per heavy atom. The number of amides is 2. The van der Waals surface area contributed by atoms with Crippen molar-refractivity contribution in [3.05, 3.63) is 34.5 Å². The molecule has 1 saturated heterocycles. The number of rotatable bonds is 5. The lowest BCUT2D eigenvalue weighted by Gasteiger charge is -2.22. The van der Waals surface area contributed by atoms with Crippen LogP contribution in [0, 0.1) is 0 Å². The van der Waals surface area contributed by atoms with Crippen LogP contribution < -0.4 is 11.1 Å². The highest BCUT2D eigenvalue weighted by molar-refractivity contribution is 7.91. The Morgan fingerprint density at radius 2 is 2.04 bits per heavy atom. The van der Waals surface area contributed by atoms with Gasteiger partial charge in [0.05, 0.1) is 5.56 Å². The third-order valence-corrected chi connectivity index (χ3v) is 7.84. The molecule has 1 atom stereocenters. The van der Waals surface area contributed by atoms with E-state index in [1.54, 1.807) is 16.8 Å². The summed E-state index contributed by atoms with van der Waals surface area (Å²) in [5.41, 5.74) is 5.48. The smallest absolute Gasteiger partial charge is 0.253 e. The fourth-order valence-electron chi connectivity index (χ4n) is 2.61. The molecule has 0 aliphatic carbocycles. The minimum absolute atomic E-state index is 0.219. The van der Waals surface area contributed by atoms with Crippen molar-refractivity contribution < 1.29 is 18.0 Å². The van der Waals surface area contributed by atoms with Crippen LogP contribution in [-0.2, 0) is 14.8 Å². The number of carbonyl (C=O) groups excluding carboxylic acids is 2. The molecule has 2 aromatic heterocycles. The normalized spacial score (nSPS) is 18.6. The van der Waals surface area contributed by atoms with Gasteiger partial charge in [0.1, 0.15) is 15.3 Å². The molecule has 0 radical (unpaired) electrons. The molecule has 0 unspecified atom stereocenters. The Morgan fingerprint density at radius 1 is 1.25 bits per heavy atom. The van der Waals surface area contributed by atoms with Crippen molar-refractivity contribution in [3.8, 4) is 0 Å². The van der Waals surface area contributed by atoms with Gasteiger partial charge in [-0.25, -0.2) is 8.42 Å². The van der Waals surface area contributed by atoms with Crippen LogP contribution in [0.25, 0.3) is 0 Å². The van der Waals surface area contributed by atoms with Crippen LogP contribution in [0.5, 0.6) is 0 Å². The van der Waals surface area contributed by atoms with E-state index in [1.807, 2.05) is 0 Å². The topological polar surface area (TPSA) is 110 Å². The van der Waals surface area contributed by atoms with E-state index in [0.717, 1.165) is 11.3 Å². The number of thiophene rings is 2. The summed E-state index contributed by atoms with van der Waals surface area (Å²) in [5, 5.41) is 6.30.